The zero-order chi connectivity index (χ0) is 13.9. The summed E-state index contributed by atoms with van der Waals surface area (Å²) < 4.78 is 1.78. The highest BCUT2D eigenvalue weighted by molar-refractivity contribution is 5.73. The summed E-state index contributed by atoms with van der Waals surface area (Å²) in [5.41, 5.74) is 6.05. The minimum absolute atomic E-state index is 0.290. The number of benzene rings is 1. The molecule has 3 N–H and O–H groups in total. The van der Waals surface area contributed by atoms with E-state index < -0.39 is 0 Å². The molecule has 3 aromatic rings. The molecule has 1 unspecified atom stereocenters. The second kappa shape index (κ2) is 5.32. The molecule has 20 heavy (non-hydrogen) atoms. The third kappa shape index (κ3) is 2.13. The SMILES string of the molecule is CCn1nncc1C(NN)c1cnc2ccccc2n1. The van der Waals surface area contributed by atoms with Crippen molar-refractivity contribution in [3.8, 4) is 0 Å². The van der Waals surface area contributed by atoms with Gasteiger partial charge >= 0.3 is 0 Å². The summed E-state index contributed by atoms with van der Waals surface area (Å²) in [5, 5.41) is 7.93. The van der Waals surface area contributed by atoms with Gasteiger partial charge in [-0.2, -0.15) is 0 Å². The first-order valence-corrected chi connectivity index (χ1v) is 6.39. The summed E-state index contributed by atoms with van der Waals surface area (Å²) in [7, 11) is 0. The number of nitrogens with one attached hydrogen (secondary N) is 1. The maximum Gasteiger partial charge on any atom is 0.108 e. The van der Waals surface area contributed by atoms with Gasteiger partial charge in [-0.05, 0) is 19.1 Å². The van der Waals surface area contributed by atoms with Gasteiger partial charge in [0.1, 0.15) is 6.04 Å². The van der Waals surface area contributed by atoms with Crippen molar-refractivity contribution in [2.75, 3.05) is 0 Å². The highest BCUT2D eigenvalue weighted by Gasteiger charge is 2.19. The van der Waals surface area contributed by atoms with Crippen LogP contribution >= 0.6 is 0 Å². The molecule has 3 rings (SSSR count). The van der Waals surface area contributed by atoms with Crippen molar-refractivity contribution in [2.45, 2.75) is 19.5 Å². The number of hydrogen-bond acceptors (Lipinski definition) is 6. The van der Waals surface area contributed by atoms with Crippen LogP contribution in [0.25, 0.3) is 11.0 Å². The lowest BCUT2D eigenvalue weighted by Crippen LogP contribution is -2.31. The molecule has 1 atom stereocenters. The van der Waals surface area contributed by atoms with Crippen LogP contribution in [-0.4, -0.2) is 25.0 Å². The van der Waals surface area contributed by atoms with Crippen LogP contribution in [0.4, 0.5) is 0 Å². The summed E-state index contributed by atoms with van der Waals surface area (Å²) in [6, 6.07) is 7.43. The van der Waals surface area contributed by atoms with Gasteiger partial charge in [0.2, 0.25) is 0 Å². The molecule has 0 aliphatic carbocycles. The minimum atomic E-state index is -0.290. The molecule has 1 aromatic carbocycles. The van der Waals surface area contributed by atoms with E-state index >= 15 is 0 Å². The fourth-order valence-corrected chi connectivity index (χ4v) is 2.17. The maximum atomic E-state index is 5.68. The summed E-state index contributed by atoms with van der Waals surface area (Å²) in [6.07, 6.45) is 3.41. The normalized spacial score (nSPS) is 12.7. The molecule has 7 nitrogen and oxygen atoms in total. The molecule has 0 fully saturated rings. The molecular formula is C13H15N7. The second-order valence-electron chi connectivity index (χ2n) is 4.36. The summed E-state index contributed by atoms with van der Waals surface area (Å²) in [5.74, 6) is 5.68. The number of aryl methyl sites for hydroxylation is 1. The Labute approximate surface area is 115 Å². The van der Waals surface area contributed by atoms with Gasteiger partial charge < -0.3 is 0 Å². The van der Waals surface area contributed by atoms with Gasteiger partial charge in [0.25, 0.3) is 0 Å². The van der Waals surface area contributed by atoms with Gasteiger partial charge in [-0.1, -0.05) is 17.3 Å². The lowest BCUT2D eigenvalue weighted by Gasteiger charge is -2.15. The van der Waals surface area contributed by atoms with E-state index in [2.05, 4.69) is 25.7 Å². The van der Waals surface area contributed by atoms with Crippen LogP contribution in [-0.2, 0) is 6.54 Å². The first-order valence-electron chi connectivity index (χ1n) is 6.39. The van der Waals surface area contributed by atoms with Crippen molar-refractivity contribution in [2.24, 2.45) is 5.84 Å². The van der Waals surface area contributed by atoms with E-state index in [1.807, 2.05) is 31.2 Å². The number of fused-ring (bicyclic) bond motifs is 1. The first kappa shape index (κ1) is 12.6. The Bertz CT molecular complexity index is 721. The van der Waals surface area contributed by atoms with Gasteiger partial charge in [-0.15, -0.1) is 5.10 Å². The monoisotopic (exact) mass is 269 g/mol. The fraction of sp³-hybridized carbons (Fsp3) is 0.231. The fourth-order valence-electron chi connectivity index (χ4n) is 2.17. The number of rotatable bonds is 4. The number of nitrogens with two attached hydrogens (primary N) is 1. The van der Waals surface area contributed by atoms with E-state index in [9.17, 15) is 0 Å². The molecule has 0 bridgehead atoms. The quantitative estimate of drug-likeness (QED) is 0.537. The number of aromatic nitrogens is 5. The Morgan fingerprint density at radius 3 is 2.80 bits per heavy atom. The molecule has 2 heterocycles. The average Bonchev–Trinajstić information content (AvgIpc) is 2.96. The van der Waals surface area contributed by atoms with Crippen LogP contribution in [0.1, 0.15) is 24.4 Å². The van der Waals surface area contributed by atoms with E-state index in [-0.39, 0.29) is 6.04 Å². The number of hydrazine groups is 1. The Hall–Kier alpha value is -2.38. The average molecular weight is 269 g/mol. The number of para-hydroxylation sites is 2. The lowest BCUT2D eigenvalue weighted by atomic mass is 10.1. The van der Waals surface area contributed by atoms with E-state index in [0.29, 0.717) is 6.54 Å². The Morgan fingerprint density at radius 1 is 1.25 bits per heavy atom. The Morgan fingerprint density at radius 2 is 2.05 bits per heavy atom. The van der Waals surface area contributed by atoms with E-state index in [1.54, 1.807) is 17.1 Å². The largest absolute Gasteiger partial charge is 0.270 e. The van der Waals surface area contributed by atoms with Crippen molar-refractivity contribution < 1.29 is 0 Å². The number of nitrogens with zero attached hydrogens (tertiary/aromatic N) is 5. The highest BCUT2D eigenvalue weighted by atomic mass is 15.4. The molecule has 0 saturated heterocycles. The second-order valence-corrected chi connectivity index (χ2v) is 4.36. The van der Waals surface area contributed by atoms with Gasteiger partial charge in [-0.25, -0.2) is 15.1 Å². The molecule has 0 saturated carbocycles. The molecule has 7 heteroatoms. The third-order valence-electron chi connectivity index (χ3n) is 3.17. The van der Waals surface area contributed by atoms with Crippen LogP contribution in [0.2, 0.25) is 0 Å². The Kier molecular flexibility index (Phi) is 3.36. The molecule has 0 aliphatic rings. The maximum absolute atomic E-state index is 5.68. The predicted molar refractivity (Wildman–Crippen MR) is 74.4 cm³/mol. The van der Waals surface area contributed by atoms with E-state index in [0.717, 1.165) is 22.4 Å². The summed E-state index contributed by atoms with van der Waals surface area (Å²) in [4.78, 5) is 9.01. The van der Waals surface area contributed by atoms with Gasteiger partial charge in [0, 0.05) is 6.54 Å². The third-order valence-corrected chi connectivity index (χ3v) is 3.17. The molecule has 0 radical (unpaired) electrons. The van der Waals surface area contributed by atoms with Crippen molar-refractivity contribution >= 4 is 11.0 Å². The predicted octanol–water partition coefficient (Wildman–Crippen LogP) is 0.794. The summed E-state index contributed by atoms with van der Waals surface area (Å²) in [6.45, 7) is 2.71. The van der Waals surface area contributed by atoms with E-state index in [1.165, 1.54) is 0 Å². The van der Waals surface area contributed by atoms with Crippen LogP contribution < -0.4 is 11.3 Å². The topological polar surface area (TPSA) is 94.5 Å². The highest BCUT2D eigenvalue weighted by Crippen LogP contribution is 2.20. The van der Waals surface area contributed by atoms with Gasteiger partial charge in [0.05, 0.1) is 34.8 Å². The van der Waals surface area contributed by atoms with Gasteiger partial charge in [-0.3, -0.25) is 10.8 Å². The van der Waals surface area contributed by atoms with Crippen LogP contribution in [0, 0.1) is 0 Å². The van der Waals surface area contributed by atoms with Crippen LogP contribution in [0.3, 0.4) is 0 Å². The molecular weight excluding hydrogens is 254 g/mol. The zero-order valence-corrected chi connectivity index (χ0v) is 11.1. The molecule has 0 amide bonds. The van der Waals surface area contributed by atoms with E-state index in [4.69, 9.17) is 5.84 Å². The lowest BCUT2D eigenvalue weighted by molar-refractivity contribution is 0.528. The van der Waals surface area contributed by atoms with Crippen molar-refractivity contribution in [3.63, 3.8) is 0 Å². The zero-order valence-electron chi connectivity index (χ0n) is 11.1. The molecule has 2 aromatic heterocycles. The smallest absolute Gasteiger partial charge is 0.108 e. The summed E-state index contributed by atoms with van der Waals surface area (Å²) >= 11 is 0. The molecule has 0 spiro atoms. The van der Waals surface area contributed by atoms with Crippen molar-refractivity contribution in [3.05, 3.63) is 48.0 Å². The van der Waals surface area contributed by atoms with Crippen LogP contribution in [0.15, 0.2) is 36.7 Å². The minimum Gasteiger partial charge on any atom is -0.270 e. The first-order chi connectivity index (χ1) is 9.83. The van der Waals surface area contributed by atoms with Crippen molar-refractivity contribution in [1.82, 2.24) is 30.4 Å². The van der Waals surface area contributed by atoms with Crippen LogP contribution in [0.5, 0.6) is 0 Å². The van der Waals surface area contributed by atoms with Gasteiger partial charge in [0.15, 0.2) is 0 Å². The molecule has 0 aliphatic heterocycles. The number of hydrogen-bond donors (Lipinski definition) is 2. The Balaban J connectivity index is 2.07. The van der Waals surface area contributed by atoms with Crippen molar-refractivity contribution in [1.29, 1.82) is 0 Å². The molecule has 102 valence electrons. The standard InChI is InChI=1S/C13H15N7/c1-2-20-12(8-16-19-20)13(18-14)11-7-15-9-5-3-4-6-10(9)17-11/h3-8,13,18H,2,14H2,1H3.